The summed E-state index contributed by atoms with van der Waals surface area (Å²) in [5.74, 6) is 1.11. The highest BCUT2D eigenvalue weighted by molar-refractivity contribution is 5.82. The summed E-state index contributed by atoms with van der Waals surface area (Å²) in [5.41, 5.74) is 3.37. The first-order chi connectivity index (χ1) is 15.1. The zero-order valence-electron chi connectivity index (χ0n) is 17.2. The molecule has 0 saturated heterocycles. The van der Waals surface area contributed by atoms with Crippen LogP contribution in [0.25, 0.3) is 27.9 Å². The Morgan fingerprint density at radius 2 is 2.13 bits per heavy atom. The predicted molar refractivity (Wildman–Crippen MR) is 117 cm³/mol. The van der Waals surface area contributed by atoms with Crippen molar-refractivity contribution in [2.45, 2.75) is 51.6 Å². The lowest BCUT2D eigenvalue weighted by atomic mass is 10.1. The summed E-state index contributed by atoms with van der Waals surface area (Å²) in [6, 6.07) is 5.90. The van der Waals surface area contributed by atoms with E-state index < -0.39 is 13.0 Å². The molecule has 4 aromatic rings. The number of aromatic nitrogens is 6. The molecule has 0 amide bonds. The van der Waals surface area contributed by atoms with Gasteiger partial charge in [0.2, 0.25) is 5.95 Å². The van der Waals surface area contributed by atoms with Gasteiger partial charge in [-0.3, -0.25) is 0 Å². The summed E-state index contributed by atoms with van der Waals surface area (Å²) in [4.78, 5) is 13.5. The molecule has 9 heteroatoms. The second-order valence-electron chi connectivity index (χ2n) is 7.82. The van der Waals surface area contributed by atoms with Gasteiger partial charge in [0, 0.05) is 19.2 Å². The lowest BCUT2D eigenvalue weighted by Crippen LogP contribution is -2.20. The topological polar surface area (TPSA) is 72.9 Å². The Morgan fingerprint density at radius 1 is 1.23 bits per heavy atom. The van der Waals surface area contributed by atoms with Gasteiger partial charge in [0.1, 0.15) is 11.3 Å². The molecule has 1 atom stereocenters. The van der Waals surface area contributed by atoms with Gasteiger partial charge < -0.3 is 9.88 Å². The molecule has 0 spiro atoms. The largest absolute Gasteiger partial charge is 0.350 e. The zero-order valence-corrected chi connectivity index (χ0v) is 17.2. The van der Waals surface area contributed by atoms with Gasteiger partial charge in [0.15, 0.2) is 5.65 Å². The summed E-state index contributed by atoms with van der Waals surface area (Å²) in [5, 5.41) is 8.02. The monoisotopic (exact) mass is 425 g/mol. The first kappa shape index (κ1) is 19.6. The lowest BCUT2D eigenvalue weighted by molar-refractivity contribution is 0.127. The van der Waals surface area contributed by atoms with Crippen LogP contribution < -0.4 is 5.32 Å². The van der Waals surface area contributed by atoms with Crippen molar-refractivity contribution < 1.29 is 10.2 Å². The number of nitrogens with zero attached hydrogens (tertiary/aromatic N) is 6. The molecule has 1 aliphatic carbocycles. The van der Waals surface area contributed by atoms with Crippen LogP contribution in [0, 0.1) is 6.92 Å². The molecule has 0 fully saturated rings. The molecule has 4 aromatic heterocycles. The van der Waals surface area contributed by atoms with E-state index in [2.05, 4.69) is 37.5 Å². The van der Waals surface area contributed by atoms with E-state index in [1.54, 1.807) is 17.6 Å². The summed E-state index contributed by atoms with van der Waals surface area (Å²) < 4.78 is 29.2. The Labute approximate surface area is 179 Å². The third-order valence-corrected chi connectivity index (χ3v) is 5.64. The molecule has 7 nitrogen and oxygen atoms in total. The third kappa shape index (κ3) is 3.87. The van der Waals surface area contributed by atoms with Gasteiger partial charge in [-0.2, -0.15) is 0 Å². The number of imidazole rings is 1. The van der Waals surface area contributed by atoms with Crippen molar-refractivity contribution in [2.75, 3.05) is 5.32 Å². The van der Waals surface area contributed by atoms with Crippen molar-refractivity contribution in [1.82, 2.24) is 29.1 Å². The highest BCUT2D eigenvalue weighted by Gasteiger charge is 2.16. The van der Waals surface area contributed by atoms with Gasteiger partial charge >= 0.3 is 0 Å². The number of nitrogens with one attached hydrogen (secondary N) is 1. The van der Waals surface area contributed by atoms with Crippen molar-refractivity contribution in [3.63, 3.8) is 0 Å². The lowest BCUT2D eigenvalue weighted by Gasteiger charge is -2.15. The third-order valence-electron chi connectivity index (χ3n) is 5.64. The van der Waals surface area contributed by atoms with Crippen molar-refractivity contribution in [3.05, 3.63) is 48.6 Å². The number of hydrogen-bond acceptors (Lipinski definition) is 5. The molecular formula is C22H25F2N7. The van der Waals surface area contributed by atoms with Gasteiger partial charge in [-0.15, -0.1) is 5.10 Å². The molecule has 162 valence electrons. The van der Waals surface area contributed by atoms with E-state index in [0.717, 1.165) is 36.8 Å². The Kier molecular flexibility index (Phi) is 5.09. The average Bonchev–Trinajstić information content (AvgIpc) is 3.18. The van der Waals surface area contributed by atoms with Crippen LogP contribution >= 0.6 is 0 Å². The Morgan fingerprint density at radius 3 is 3.00 bits per heavy atom. The van der Waals surface area contributed by atoms with Gasteiger partial charge in [0.05, 0.1) is 24.0 Å². The number of rotatable bonds is 5. The van der Waals surface area contributed by atoms with Crippen LogP contribution in [0.2, 0.25) is 0 Å². The highest BCUT2D eigenvalue weighted by atomic mass is 19.3. The maximum atomic E-state index is 13.0. The molecule has 0 unspecified atom stereocenters. The number of halogens is 2. The number of anilines is 1. The van der Waals surface area contributed by atoms with Crippen LogP contribution in [-0.4, -0.2) is 41.6 Å². The van der Waals surface area contributed by atoms with E-state index in [0.29, 0.717) is 34.7 Å². The first-order valence-electron chi connectivity index (χ1n) is 10.5. The van der Waals surface area contributed by atoms with Crippen LogP contribution in [-0.2, 0) is 6.54 Å². The SMILES string of the molecule is Cc1nc2ccc(-c3ccn4nc(N[C@@H]5CC=CCCC5)ncc34)nc2n1CC(F)F.[HH]. The maximum absolute atomic E-state index is 13.0. The molecule has 1 aliphatic rings. The average molecular weight is 425 g/mol. The maximum Gasteiger partial charge on any atom is 0.256 e. The van der Waals surface area contributed by atoms with Crippen molar-refractivity contribution >= 4 is 22.6 Å². The van der Waals surface area contributed by atoms with E-state index >= 15 is 0 Å². The standard InChI is InChI=1S/C22H23F2N7.H2/c1-14-26-18-9-8-17(28-21(18)30(14)13-20(23)24)16-10-11-31-19(16)12-25-22(29-31)27-15-6-4-2-3-5-7-15;/h2,4,8-12,15,20H,3,5-7,13H2,1H3,(H,27,29);1H/t15-;/m1./s1. The van der Waals surface area contributed by atoms with Crippen LogP contribution in [0.4, 0.5) is 14.7 Å². The number of alkyl halides is 2. The second-order valence-corrected chi connectivity index (χ2v) is 7.82. The molecule has 4 heterocycles. The van der Waals surface area contributed by atoms with Crippen molar-refractivity contribution in [1.29, 1.82) is 0 Å². The predicted octanol–water partition coefficient (Wildman–Crippen LogP) is 4.87. The molecule has 0 radical (unpaired) electrons. The molecule has 31 heavy (non-hydrogen) atoms. The molecule has 1 N–H and O–H groups in total. The number of aryl methyl sites for hydroxylation is 1. The van der Waals surface area contributed by atoms with E-state index in [4.69, 9.17) is 0 Å². The molecule has 0 saturated carbocycles. The number of allylic oxidation sites excluding steroid dienone is 1. The van der Waals surface area contributed by atoms with Gasteiger partial charge in [-0.1, -0.05) is 12.2 Å². The van der Waals surface area contributed by atoms with E-state index in [1.165, 1.54) is 4.57 Å². The smallest absolute Gasteiger partial charge is 0.256 e. The van der Waals surface area contributed by atoms with Crippen LogP contribution in [0.15, 0.2) is 42.7 Å². The highest BCUT2D eigenvalue weighted by Crippen LogP contribution is 2.27. The summed E-state index contributed by atoms with van der Waals surface area (Å²) in [7, 11) is 0. The van der Waals surface area contributed by atoms with Crippen LogP contribution in [0.5, 0.6) is 0 Å². The van der Waals surface area contributed by atoms with E-state index in [-0.39, 0.29) is 1.43 Å². The molecular weight excluding hydrogens is 400 g/mol. The number of fused-ring (bicyclic) bond motifs is 2. The van der Waals surface area contributed by atoms with Crippen molar-refractivity contribution in [3.8, 4) is 11.3 Å². The Hall–Kier alpha value is -3.36. The molecule has 0 aliphatic heterocycles. The second kappa shape index (κ2) is 8.05. The first-order valence-corrected chi connectivity index (χ1v) is 10.5. The van der Waals surface area contributed by atoms with Crippen molar-refractivity contribution in [2.24, 2.45) is 0 Å². The summed E-state index contributed by atoms with van der Waals surface area (Å²) in [6.45, 7) is 1.29. The van der Waals surface area contributed by atoms with E-state index in [1.807, 2.05) is 24.4 Å². The zero-order chi connectivity index (χ0) is 21.4. The Balaban J connectivity index is 0.00000245. The minimum atomic E-state index is -2.47. The normalized spacial score (nSPS) is 17.0. The van der Waals surface area contributed by atoms with Crippen LogP contribution in [0.3, 0.4) is 0 Å². The Bertz CT molecular complexity index is 1260. The number of pyridine rings is 1. The fourth-order valence-electron chi connectivity index (χ4n) is 4.10. The van der Waals surface area contributed by atoms with E-state index in [9.17, 15) is 8.78 Å². The fraction of sp³-hybridized carbons (Fsp3) is 0.364. The summed E-state index contributed by atoms with van der Waals surface area (Å²) >= 11 is 0. The molecule has 0 bridgehead atoms. The minimum absolute atomic E-state index is 0. The number of hydrogen-bond donors (Lipinski definition) is 1. The fourth-order valence-corrected chi connectivity index (χ4v) is 4.10. The van der Waals surface area contributed by atoms with Gasteiger partial charge in [-0.05, 0) is 50.8 Å². The van der Waals surface area contributed by atoms with Crippen LogP contribution in [0.1, 0.15) is 32.9 Å². The molecule has 5 rings (SSSR count). The van der Waals surface area contributed by atoms with Gasteiger partial charge in [-0.25, -0.2) is 28.2 Å². The molecule has 0 aromatic carbocycles. The quantitative estimate of drug-likeness (QED) is 0.462. The summed E-state index contributed by atoms with van der Waals surface area (Å²) in [6.07, 6.45) is 9.91. The van der Waals surface area contributed by atoms with Gasteiger partial charge in [0.25, 0.3) is 6.43 Å². The minimum Gasteiger partial charge on any atom is -0.350 e.